The Morgan fingerprint density at radius 1 is 1.52 bits per heavy atom. The lowest BCUT2D eigenvalue weighted by Crippen LogP contribution is -2.43. The number of nitrogens with zero attached hydrogens (tertiary/aromatic N) is 2. The van der Waals surface area contributed by atoms with Crippen molar-refractivity contribution in [3.63, 3.8) is 0 Å². The Kier molecular flexibility index (Phi) is 3.71. The monoisotopic (exact) mass is 309 g/mol. The first-order valence-electron chi connectivity index (χ1n) is 7.24. The van der Waals surface area contributed by atoms with E-state index in [0.717, 1.165) is 19.3 Å². The molecule has 1 aromatic heterocycles. The number of aromatic nitrogens is 1. The Morgan fingerprint density at radius 3 is 2.90 bits per heavy atom. The number of likely N-dealkylation sites (tertiary alicyclic amines) is 1. The van der Waals surface area contributed by atoms with E-state index in [1.807, 2.05) is 6.92 Å². The van der Waals surface area contributed by atoms with Crippen molar-refractivity contribution in [1.29, 1.82) is 0 Å². The van der Waals surface area contributed by atoms with Crippen LogP contribution in [0.15, 0.2) is 5.38 Å². The standard InChI is InChI=1S/C14H19N3O3S/c1-7(15)12-16-10(6-21-12)13(18)17-5-8-3-2-4-9(8)11(17)14(19)20/h6-9,11H,2-5,15H2,1H3,(H,19,20). The fourth-order valence-electron chi connectivity index (χ4n) is 3.57. The molecule has 3 rings (SSSR count). The number of aliphatic carboxylic acids is 1. The minimum atomic E-state index is -0.902. The second-order valence-corrected chi connectivity index (χ2v) is 6.84. The summed E-state index contributed by atoms with van der Waals surface area (Å²) in [6.45, 7) is 2.35. The molecule has 4 atom stereocenters. The van der Waals surface area contributed by atoms with E-state index in [2.05, 4.69) is 4.98 Å². The van der Waals surface area contributed by atoms with Crippen molar-refractivity contribution in [2.45, 2.75) is 38.3 Å². The van der Waals surface area contributed by atoms with E-state index in [1.54, 1.807) is 5.38 Å². The summed E-state index contributed by atoms with van der Waals surface area (Å²) in [5.74, 6) is -0.764. The van der Waals surface area contributed by atoms with Crippen LogP contribution in [0.3, 0.4) is 0 Å². The number of thiazole rings is 1. The van der Waals surface area contributed by atoms with Gasteiger partial charge in [-0.05, 0) is 31.6 Å². The molecule has 114 valence electrons. The van der Waals surface area contributed by atoms with Gasteiger partial charge in [-0.1, -0.05) is 6.42 Å². The van der Waals surface area contributed by atoms with Gasteiger partial charge in [-0.2, -0.15) is 0 Å². The number of hydrogen-bond donors (Lipinski definition) is 2. The number of carboxylic acids is 1. The fourth-order valence-corrected chi connectivity index (χ4v) is 4.32. The number of rotatable bonds is 3. The number of carbonyl (C=O) groups is 2. The van der Waals surface area contributed by atoms with Crippen LogP contribution in [-0.2, 0) is 4.79 Å². The van der Waals surface area contributed by atoms with E-state index in [-0.39, 0.29) is 17.9 Å². The molecule has 2 fully saturated rings. The van der Waals surface area contributed by atoms with Crippen LogP contribution in [0.1, 0.15) is 47.7 Å². The average molecular weight is 309 g/mol. The van der Waals surface area contributed by atoms with E-state index < -0.39 is 12.0 Å². The maximum Gasteiger partial charge on any atom is 0.326 e. The van der Waals surface area contributed by atoms with Crippen molar-refractivity contribution in [3.8, 4) is 0 Å². The third kappa shape index (κ3) is 2.44. The van der Waals surface area contributed by atoms with Crippen molar-refractivity contribution in [3.05, 3.63) is 16.1 Å². The Bertz CT molecular complexity index is 572. The molecule has 1 saturated heterocycles. The molecule has 21 heavy (non-hydrogen) atoms. The first kappa shape index (κ1) is 14.5. The maximum absolute atomic E-state index is 12.6. The van der Waals surface area contributed by atoms with Crippen molar-refractivity contribution in [2.24, 2.45) is 17.6 Å². The van der Waals surface area contributed by atoms with Gasteiger partial charge in [0.15, 0.2) is 0 Å². The minimum Gasteiger partial charge on any atom is -0.480 e. The molecule has 1 saturated carbocycles. The van der Waals surface area contributed by atoms with E-state index in [1.165, 1.54) is 16.2 Å². The van der Waals surface area contributed by atoms with Crippen LogP contribution in [0.5, 0.6) is 0 Å². The van der Waals surface area contributed by atoms with Gasteiger partial charge in [0.2, 0.25) is 0 Å². The molecule has 1 amide bonds. The molecule has 0 bridgehead atoms. The number of carboxylic acid groups (broad SMARTS) is 1. The average Bonchev–Trinajstić information content (AvgIpc) is 3.11. The summed E-state index contributed by atoms with van der Waals surface area (Å²) in [4.78, 5) is 29.9. The number of hydrogen-bond acceptors (Lipinski definition) is 5. The highest BCUT2D eigenvalue weighted by atomic mass is 32.1. The van der Waals surface area contributed by atoms with E-state index >= 15 is 0 Å². The van der Waals surface area contributed by atoms with Crippen LogP contribution in [-0.4, -0.2) is 39.5 Å². The Balaban J connectivity index is 1.84. The highest BCUT2D eigenvalue weighted by Gasteiger charge is 2.49. The summed E-state index contributed by atoms with van der Waals surface area (Å²) in [5.41, 5.74) is 6.08. The first-order valence-corrected chi connectivity index (χ1v) is 8.11. The summed E-state index contributed by atoms with van der Waals surface area (Å²) in [5, 5.41) is 11.9. The molecular weight excluding hydrogens is 290 g/mol. The number of amides is 1. The lowest BCUT2D eigenvalue weighted by atomic mass is 9.94. The van der Waals surface area contributed by atoms with Gasteiger partial charge >= 0.3 is 5.97 Å². The van der Waals surface area contributed by atoms with Gasteiger partial charge in [-0.15, -0.1) is 11.3 Å². The molecular formula is C14H19N3O3S. The molecule has 0 radical (unpaired) electrons. The SMILES string of the molecule is CC(N)c1nc(C(=O)N2CC3CCCC3C2C(=O)O)cs1. The molecule has 0 aromatic carbocycles. The topological polar surface area (TPSA) is 96.5 Å². The summed E-state index contributed by atoms with van der Waals surface area (Å²) >= 11 is 1.34. The van der Waals surface area contributed by atoms with Crippen LogP contribution in [0.2, 0.25) is 0 Å². The lowest BCUT2D eigenvalue weighted by Gasteiger charge is -2.23. The molecule has 3 N–H and O–H groups in total. The molecule has 1 aliphatic carbocycles. The molecule has 0 spiro atoms. The zero-order valence-corrected chi connectivity index (χ0v) is 12.7. The smallest absolute Gasteiger partial charge is 0.326 e. The Morgan fingerprint density at radius 2 is 2.29 bits per heavy atom. The maximum atomic E-state index is 12.6. The van der Waals surface area contributed by atoms with E-state index in [4.69, 9.17) is 5.73 Å². The van der Waals surface area contributed by atoms with Crippen LogP contribution >= 0.6 is 11.3 Å². The summed E-state index contributed by atoms with van der Waals surface area (Å²) in [6, 6.07) is -0.921. The molecule has 2 aliphatic rings. The zero-order valence-electron chi connectivity index (χ0n) is 11.9. The summed E-state index contributed by atoms with van der Waals surface area (Å²) < 4.78 is 0. The van der Waals surface area contributed by atoms with E-state index in [9.17, 15) is 14.7 Å². The highest BCUT2D eigenvalue weighted by molar-refractivity contribution is 7.09. The second kappa shape index (κ2) is 5.38. The van der Waals surface area contributed by atoms with Gasteiger partial charge in [-0.3, -0.25) is 4.79 Å². The van der Waals surface area contributed by atoms with Gasteiger partial charge < -0.3 is 15.7 Å². The highest BCUT2D eigenvalue weighted by Crippen LogP contribution is 2.42. The van der Waals surface area contributed by atoms with Crippen LogP contribution in [0.25, 0.3) is 0 Å². The predicted molar refractivity (Wildman–Crippen MR) is 78.0 cm³/mol. The van der Waals surface area contributed by atoms with E-state index in [0.29, 0.717) is 23.2 Å². The molecule has 1 aliphatic heterocycles. The van der Waals surface area contributed by atoms with Crippen molar-refractivity contribution >= 4 is 23.2 Å². The number of nitrogens with two attached hydrogens (primary N) is 1. The number of carbonyl (C=O) groups excluding carboxylic acids is 1. The molecule has 6 nitrogen and oxygen atoms in total. The summed E-state index contributed by atoms with van der Waals surface area (Å²) in [6.07, 6.45) is 2.97. The fraction of sp³-hybridized carbons (Fsp3) is 0.643. The Hall–Kier alpha value is -1.47. The zero-order chi connectivity index (χ0) is 15.1. The quantitative estimate of drug-likeness (QED) is 0.881. The van der Waals surface area contributed by atoms with Gasteiger partial charge in [0.1, 0.15) is 16.7 Å². The first-order chi connectivity index (χ1) is 9.99. The largest absolute Gasteiger partial charge is 0.480 e. The Labute approximate surface area is 127 Å². The van der Waals surface area contributed by atoms with Gasteiger partial charge in [0.05, 0.1) is 6.04 Å². The predicted octanol–water partition coefficient (Wildman–Crippen LogP) is 1.49. The molecule has 4 unspecified atom stereocenters. The molecule has 7 heteroatoms. The van der Waals surface area contributed by atoms with Crippen LogP contribution in [0, 0.1) is 11.8 Å². The van der Waals surface area contributed by atoms with Gasteiger partial charge in [0, 0.05) is 11.9 Å². The van der Waals surface area contributed by atoms with Crippen LogP contribution < -0.4 is 5.73 Å². The normalized spacial score (nSPS) is 29.4. The minimum absolute atomic E-state index is 0.0954. The van der Waals surface area contributed by atoms with Crippen molar-refractivity contribution < 1.29 is 14.7 Å². The third-order valence-corrected chi connectivity index (χ3v) is 5.58. The van der Waals surface area contributed by atoms with Crippen LogP contribution in [0.4, 0.5) is 0 Å². The molecule has 2 heterocycles. The van der Waals surface area contributed by atoms with Gasteiger partial charge in [-0.25, -0.2) is 9.78 Å². The number of fused-ring (bicyclic) bond motifs is 1. The van der Waals surface area contributed by atoms with Gasteiger partial charge in [0.25, 0.3) is 5.91 Å². The lowest BCUT2D eigenvalue weighted by molar-refractivity contribution is -0.142. The molecule has 1 aromatic rings. The summed E-state index contributed by atoms with van der Waals surface area (Å²) in [7, 11) is 0. The third-order valence-electron chi connectivity index (χ3n) is 4.53. The van der Waals surface area contributed by atoms with Crippen molar-refractivity contribution in [1.82, 2.24) is 9.88 Å². The van der Waals surface area contributed by atoms with Crippen molar-refractivity contribution in [2.75, 3.05) is 6.54 Å². The second-order valence-electron chi connectivity index (χ2n) is 5.96.